The molecule has 2 amide bonds. The second kappa shape index (κ2) is 11.2. The van der Waals surface area contributed by atoms with E-state index in [1.165, 1.54) is 5.56 Å². The van der Waals surface area contributed by atoms with E-state index in [9.17, 15) is 9.59 Å². The van der Waals surface area contributed by atoms with Gasteiger partial charge < -0.3 is 15.0 Å². The zero-order valence-corrected chi connectivity index (χ0v) is 20.6. The molecule has 0 aromatic heterocycles. The molecule has 5 heteroatoms. The summed E-state index contributed by atoms with van der Waals surface area (Å²) < 4.78 is 5.78. The average Bonchev–Trinajstić information content (AvgIpc) is 2.73. The van der Waals surface area contributed by atoms with E-state index in [0.717, 1.165) is 11.1 Å². The number of nitrogens with one attached hydrogen (secondary N) is 1. The zero-order valence-electron chi connectivity index (χ0n) is 20.6. The van der Waals surface area contributed by atoms with Crippen LogP contribution in [0.1, 0.15) is 58.2 Å². The van der Waals surface area contributed by atoms with Gasteiger partial charge in [0.05, 0.1) is 0 Å². The summed E-state index contributed by atoms with van der Waals surface area (Å²) in [6, 6.07) is 15.2. The summed E-state index contributed by atoms with van der Waals surface area (Å²) in [5.41, 5.74) is 3.35. The molecule has 2 aromatic rings. The zero-order chi connectivity index (χ0) is 23.9. The fourth-order valence-corrected chi connectivity index (χ4v) is 3.32. The summed E-state index contributed by atoms with van der Waals surface area (Å²) in [6.07, 6.45) is 0. The van der Waals surface area contributed by atoms with Crippen LogP contribution in [0.15, 0.2) is 48.5 Å². The van der Waals surface area contributed by atoms with Crippen molar-refractivity contribution in [3.8, 4) is 5.75 Å². The number of rotatable bonds is 9. The highest BCUT2D eigenvalue weighted by molar-refractivity contribution is 5.88. The molecule has 0 aliphatic carbocycles. The predicted octanol–water partition coefficient (Wildman–Crippen LogP) is 4.86. The number of benzene rings is 2. The normalized spacial score (nSPS) is 12.4. The Morgan fingerprint density at radius 1 is 1.03 bits per heavy atom. The molecule has 0 saturated heterocycles. The smallest absolute Gasteiger partial charge is 0.261 e. The van der Waals surface area contributed by atoms with Gasteiger partial charge in [0.1, 0.15) is 11.8 Å². The molecule has 2 aromatic carbocycles. The molecule has 0 aliphatic rings. The standard InChI is InChI=1S/C27H38N2O3/c1-19(2)16-28-26(31)21(4)29(17-22-10-8-9-20(3)15-22)25(30)18-32-24-13-11-23(12-14-24)27(5,6)7/h8-15,19,21H,16-18H2,1-7H3,(H,28,31)/t21-/m1/s1. The Labute approximate surface area is 193 Å². The number of aryl methyl sites for hydroxylation is 1. The van der Waals surface area contributed by atoms with E-state index in [1.54, 1.807) is 11.8 Å². The van der Waals surface area contributed by atoms with E-state index in [-0.39, 0.29) is 23.8 Å². The van der Waals surface area contributed by atoms with Gasteiger partial charge in [-0.15, -0.1) is 0 Å². The van der Waals surface area contributed by atoms with Crippen LogP contribution in [0.2, 0.25) is 0 Å². The molecule has 0 fully saturated rings. The number of hydrogen-bond acceptors (Lipinski definition) is 3. The van der Waals surface area contributed by atoms with Crippen LogP contribution in [0.4, 0.5) is 0 Å². The molecule has 0 bridgehead atoms. The highest BCUT2D eigenvalue weighted by Gasteiger charge is 2.26. The third kappa shape index (κ3) is 7.70. The molecule has 174 valence electrons. The van der Waals surface area contributed by atoms with E-state index in [0.29, 0.717) is 24.8 Å². The van der Waals surface area contributed by atoms with Crippen molar-refractivity contribution in [3.63, 3.8) is 0 Å². The minimum Gasteiger partial charge on any atom is -0.484 e. The van der Waals surface area contributed by atoms with Crippen LogP contribution in [-0.2, 0) is 21.5 Å². The Bertz CT molecular complexity index is 898. The number of hydrogen-bond donors (Lipinski definition) is 1. The quantitative estimate of drug-likeness (QED) is 0.608. The second-order valence-corrected chi connectivity index (χ2v) is 9.89. The molecule has 0 heterocycles. The molecule has 2 rings (SSSR count). The van der Waals surface area contributed by atoms with Gasteiger partial charge in [0.2, 0.25) is 5.91 Å². The second-order valence-electron chi connectivity index (χ2n) is 9.89. The number of nitrogens with zero attached hydrogens (tertiary/aromatic N) is 1. The van der Waals surface area contributed by atoms with Crippen molar-refractivity contribution in [2.45, 2.75) is 66.5 Å². The van der Waals surface area contributed by atoms with Crippen molar-refractivity contribution in [2.24, 2.45) is 5.92 Å². The lowest BCUT2D eigenvalue weighted by Crippen LogP contribution is -2.49. The molecule has 0 spiro atoms. The molecule has 0 radical (unpaired) electrons. The monoisotopic (exact) mass is 438 g/mol. The van der Waals surface area contributed by atoms with Crippen molar-refractivity contribution in [3.05, 3.63) is 65.2 Å². The van der Waals surface area contributed by atoms with Crippen LogP contribution in [0.3, 0.4) is 0 Å². The van der Waals surface area contributed by atoms with Crippen LogP contribution in [0.5, 0.6) is 5.75 Å². The van der Waals surface area contributed by atoms with Gasteiger partial charge in [-0.1, -0.05) is 76.6 Å². The summed E-state index contributed by atoms with van der Waals surface area (Å²) in [4.78, 5) is 27.4. The van der Waals surface area contributed by atoms with Gasteiger partial charge in [-0.05, 0) is 48.4 Å². The fourth-order valence-electron chi connectivity index (χ4n) is 3.32. The fraction of sp³-hybridized carbons (Fsp3) is 0.481. The maximum absolute atomic E-state index is 13.1. The maximum atomic E-state index is 13.1. The molecule has 1 N–H and O–H groups in total. The SMILES string of the molecule is Cc1cccc(CN(C(=O)COc2ccc(C(C)(C)C)cc2)[C@H](C)C(=O)NCC(C)C)c1. The van der Waals surface area contributed by atoms with E-state index < -0.39 is 6.04 Å². The first-order chi connectivity index (χ1) is 15.0. The van der Waals surface area contributed by atoms with Crippen molar-refractivity contribution < 1.29 is 14.3 Å². The Morgan fingerprint density at radius 2 is 1.69 bits per heavy atom. The van der Waals surface area contributed by atoms with Crippen molar-refractivity contribution in [2.75, 3.05) is 13.2 Å². The highest BCUT2D eigenvalue weighted by atomic mass is 16.5. The van der Waals surface area contributed by atoms with Gasteiger partial charge in [0, 0.05) is 13.1 Å². The van der Waals surface area contributed by atoms with Crippen molar-refractivity contribution >= 4 is 11.8 Å². The first-order valence-corrected chi connectivity index (χ1v) is 11.3. The Kier molecular flexibility index (Phi) is 8.88. The van der Waals surface area contributed by atoms with Crippen LogP contribution in [0.25, 0.3) is 0 Å². The summed E-state index contributed by atoms with van der Waals surface area (Å²) >= 11 is 0. The number of carbonyl (C=O) groups is 2. The number of amides is 2. The van der Waals surface area contributed by atoms with Crippen LogP contribution < -0.4 is 10.1 Å². The Hall–Kier alpha value is -2.82. The summed E-state index contributed by atoms with van der Waals surface area (Å²) in [6.45, 7) is 15.1. The largest absolute Gasteiger partial charge is 0.484 e. The summed E-state index contributed by atoms with van der Waals surface area (Å²) in [5, 5.41) is 2.93. The predicted molar refractivity (Wildman–Crippen MR) is 130 cm³/mol. The first kappa shape index (κ1) is 25.4. The Morgan fingerprint density at radius 3 is 2.25 bits per heavy atom. The van der Waals surface area contributed by atoms with Gasteiger partial charge in [-0.3, -0.25) is 9.59 Å². The molecule has 5 nitrogen and oxygen atoms in total. The average molecular weight is 439 g/mol. The van der Waals surface area contributed by atoms with Crippen molar-refractivity contribution in [1.82, 2.24) is 10.2 Å². The topological polar surface area (TPSA) is 58.6 Å². The van der Waals surface area contributed by atoms with E-state index in [1.807, 2.05) is 69.3 Å². The van der Waals surface area contributed by atoms with Gasteiger partial charge in [-0.2, -0.15) is 0 Å². The van der Waals surface area contributed by atoms with Gasteiger partial charge in [0.25, 0.3) is 5.91 Å². The molecule has 0 saturated carbocycles. The molecule has 0 aliphatic heterocycles. The van der Waals surface area contributed by atoms with Crippen LogP contribution >= 0.6 is 0 Å². The summed E-state index contributed by atoms with van der Waals surface area (Å²) in [7, 11) is 0. The van der Waals surface area contributed by atoms with Crippen molar-refractivity contribution in [1.29, 1.82) is 0 Å². The van der Waals surface area contributed by atoms with Gasteiger partial charge in [0.15, 0.2) is 6.61 Å². The molecular formula is C27H38N2O3. The van der Waals surface area contributed by atoms with E-state index >= 15 is 0 Å². The van der Waals surface area contributed by atoms with Gasteiger partial charge in [-0.25, -0.2) is 0 Å². The lowest BCUT2D eigenvalue weighted by atomic mass is 9.87. The number of ether oxygens (including phenoxy) is 1. The first-order valence-electron chi connectivity index (χ1n) is 11.3. The lowest BCUT2D eigenvalue weighted by molar-refractivity contribution is -0.142. The molecule has 0 unspecified atom stereocenters. The minimum atomic E-state index is -0.603. The van der Waals surface area contributed by atoms with Crippen LogP contribution in [-0.4, -0.2) is 35.9 Å². The minimum absolute atomic E-state index is 0.0533. The summed E-state index contributed by atoms with van der Waals surface area (Å²) in [5.74, 6) is 0.595. The molecular weight excluding hydrogens is 400 g/mol. The highest BCUT2D eigenvalue weighted by Crippen LogP contribution is 2.24. The lowest BCUT2D eigenvalue weighted by Gasteiger charge is -2.29. The van der Waals surface area contributed by atoms with Gasteiger partial charge >= 0.3 is 0 Å². The third-order valence-corrected chi connectivity index (χ3v) is 5.37. The molecule has 32 heavy (non-hydrogen) atoms. The van der Waals surface area contributed by atoms with E-state index in [4.69, 9.17) is 4.74 Å². The third-order valence-electron chi connectivity index (χ3n) is 5.37. The maximum Gasteiger partial charge on any atom is 0.261 e. The molecule has 1 atom stereocenters. The number of carbonyl (C=O) groups excluding carboxylic acids is 2. The van der Waals surface area contributed by atoms with E-state index in [2.05, 4.69) is 26.1 Å². The van der Waals surface area contributed by atoms with Crippen LogP contribution in [0, 0.1) is 12.8 Å². The Balaban J connectivity index is 2.12.